The lowest BCUT2D eigenvalue weighted by atomic mass is 9.84. The van der Waals surface area contributed by atoms with Crippen LogP contribution in [0.25, 0.3) is 0 Å². The van der Waals surface area contributed by atoms with E-state index >= 15 is 0 Å². The van der Waals surface area contributed by atoms with Crippen LogP contribution in [-0.2, 0) is 9.53 Å². The Hall–Kier alpha value is -1.83. The van der Waals surface area contributed by atoms with Crippen molar-refractivity contribution in [3.63, 3.8) is 0 Å². The number of benzene rings is 1. The summed E-state index contributed by atoms with van der Waals surface area (Å²) in [7, 11) is 0. The minimum Gasteiger partial charge on any atom is -0.394 e. The van der Waals surface area contributed by atoms with E-state index in [0.717, 1.165) is 32.1 Å². The van der Waals surface area contributed by atoms with Crippen LogP contribution in [0.1, 0.15) is 38.5 Å². The first-order valence-corrected chi connectivity index (χ1v) is 10.3. The van der Waals surface area contributed by atoms with Crippen LogP contribution in [0, 0.1) is 5.92 Å². The van der Waals surface area contributed by atoms with Crippen molar-refractivity contribution in [1.82, 2.24) is 10.6 Å². The number of carbonyl (C=O) groups excluding carboxylic acids is 2. The third kappa shape index (κ3) is 5.83. The number of ether oxygens (including phenoxy) is 1. The van der Waals surface area contributed by atoms with Gasteiger partial charge in [-0.15, -0.1) is 0 Å². The van der Waals surface area contributed by atoms with E-state index in [2.05, 4.69) is 16.0 Å². The van der Waals surface area contributed by atoms with Crippen LogP contribution in [0.15, 0.2) is 24.3 Å². The number of nitrogens with one attached hydrogen (secondary N) is 3. The number of urea groups is 1. The SMILES string of the molecule is O=C(NCC[C@H]1CC[C@@H](NC(=O)C2CCC2)[C@@H](CO)O1)Nc1ccc(Cl)cc1. The van der Waals surface area contributed by atoms with Gasteiger partial charge in [0.05, 0.1) is 18.8 Å². The largest absolute Gasteiger partial charge is 0.394 e. The second-order valence-corrected chi connectivity index (χ2v) is 7.91. The minimum atomic E-state index is -0.398. The number of hydrogen-bond acceptors (Lipinski definition) is 4. The fourth-order valence-electron chi connectivity index (χ4n) is 3.54. The average molecular weight is 410 g/mol. The lowest BCUT2D eigenvalue weighted by Crippen LogP contribution is -2.53. The van der Waals surface area contributed by atoms with Crippen LogP contribution in [0.2, 0.25) is 5.02 Å². The van der Waals surface area contributed by atoms with Gasteiger partial charge in [-0.25, -0.2) is 4.79 Å². The van der Waals surface area contributed by atoms with Crippen molar-refractivity contribution in [2.75, 3.05) is 18.5 Å². The van der Waals surface area contributed by atoms with Gasteiger partial charge in [-0.3, -0.25) is 4.79 Å². The van der Waals surface area contributed by atoms with Crippen LogP contribution < -0.4 is 16.0 Å². The lowest BCUT2D eigenvalue weighted by molar-refractivity contribution is -0.134. The fraction of sp³-hybridized carbons (Fsp3) is 0.600. The molecule has 1 aliphatic heterocycles. The molecule has 0 aromatic heterocycles. The Morgan fingerprint density at radius 3 is 2.54 bits per heavy atom. The zero-order chi connectivity index (χ0) is 19.9. The molecule has 0 spiro atoms. The Balaban J connectivity index is 1.36. The number of aliphatic hydroxyl groups is 1. The average Bonchev–Trinajstić information content (AvgIpc) is 2.63. The van der Waals surface area contributed by atoms with E-state index in [1.54, 1.807) is 24.3 Å². The first-order valence-electron chi connectivity index (χ1n) is 9.92. The second kappa shape index (κ2) is 10.1. The van der Waals surface area contributed by atoms with E-state index in [4.69, 9.17) is 16.3 Å². The monoisotopic (exact) mass is 409 g/mol. The number of amides is 3. The minimum absolute atomic E-state index is 0.0511. The highest BCUT2D eigenvalue weighted by Gasteiger charge is 2.34. The van der Waals surface area contributed by atoms with Crippen molar-refractivity contribution in [3.05, 3.63) is 29.3 Å². The topological polar surface area (TPSA) is 99.7 Å². The van der Waals surface area contributed by atoms with Gasteiger partial charge in [-0.05, 0) is 56.4 Å². The summed E-state index contributed by atoms with van der Waals surface area (Å²) in [5, 5.41) is 18.8. The zero-order valence-electron chi connectivity index (χ0n) is 15.8. The molecule has 1 heterocycles. The molecule has 1 aromatic rings. The van der Waals surface area contributed by atoms with E-state index in [9.17, 15) is 14.7 Å². The van der Waals surface area contributed by atoms with Crippen molar-refractivity contribution in [3.8, 4) is 0 Å². The molecule has 0 bridgehead atoms. The Morgan fingerprint density at radius 2 is 1.89 bits per heavy atom. The molecule has 28 heavy (non-hydrogen) atoms. The molecule has 0 unspecified atom stereocenters. The Bertz CT molecular complexity index is 666. The van der Waals surface area contributed by atoms with Crippen molar-refractivity contribution in [2.45, 2.75) is 56.8 Å². The van der Waals surface area contributed by atoms with E-state index in [1.807, 2.05) is 0 Å². The number of halogens is 1. The normalized spacial score (nSPS) is 24.9. The fourth-order valence-corrected chi connectivity index (χ4v) is 3.66. The third-order valence-corrected chi connectivity index (χ3v) is 5.71. The number of carbonyl (C=O) groups is 2. The van der Waals surface area contributed by atoms with Gasteiger partial charge >= 0.3 is 6.03 Å². The first kappa shape index (κ1) is 20.9. The highest BCUT2D eigenvalue weighted by molar-refractivity contribution is 6.30. The van der Waals surface area contributed by atoms with Crippen LogP contribution in [0.4, 0.5) is 10.5 Å². The maximum absolute atomic E-state index is 12.1. The molecule has 1 aliphatic carbocycles. The van der Waals surface area contributed by atoms with Crippen molar-refractivity contribution in [1.29, 1.82) is 0 Å². The van der Waals surface area contributed by atoms with Crippen LogP contribution in [-0.4, -0.2) is 48.4 Å². The predicted molar refractivity (Wildman–Crippen MR) is 107 cm³/mol. The third-order valence-electron chi connectivity index (χ3n) is 5.45. The molecule has 4 N–H and O–H groups in total. The summed E-state index contributed by atoms with van der Waals surface area (Å²) in [5.74, 6) is 0.206. The smallest absolute Gasteiger partial charge is 0.319 e. The van der Waals surface area contributed by atoms with Crippen molar-refractivity contribution >= 4 is 29.2 Å². The number of aliphatic hydroxyl groups excluding tert-OH is 1. The summed E-state index contributed by atoms with van der Waals surface area (Å²) in [6.07, 6.45) is 4.77. The molecule has 1 saturated carbocycles. The predicted octanol–water partition coefficient (Wildman–Crippen LogP) is 2.68. The highest BCUT2D eigenvalue weighted by Crippen LogP contribution is 2.28. The molecule has 3 atom stereocenters. The zero-order valence-corrected chi connectivity index (χ0v) is 16.6. The van der Waals surface area contributed by atoms with Gasteiger partial charge < -0.3 is 25.8 Å². The summed E-state index contributed by atoms with van der Waals surface area (Å²) in [4.78, 5) is 24.1. The van der Waals surface area contributed by atoms with Gasteiger partial charge in [0.15, 0.2) is 0 Å². The molecule has 3 amide bonds. The maximum Gasteiger partial charge on any atom is 0.319 e. The lowest BCUT2D eigenvalue weighted by Gasteiger charge is -2.37. The van der Waals surface area contributed by atoms with Gasteiger partial charge in [0.25, 0.3) is 0 Å². The molecule has 2 aliphatic rings. The summed E-state index contributed by atoms with van der Waals surface area (Å²) >= 11 is 5.82. The molecule has 8 heteroatoms. The first-order chi connectivity index (χ1) is 13.5. The van der Waals surface area contributed by atoms with Crippen LogP contribution >= 0.6 is 11.6 Å². The summed E-state index contributed by atoms with van der Waals surface area (Å²) in [5.41, 5.74) is 0.668. The van der Waals surface area contributed by atoms with Crippen LogP contribution in [0.5, 0.6) is 0 Å². The molecular weight excluding hydrogens is 382 g/mol. The summed E-state index contributed by atoms with van der Waals surface area (Å²) in [6, 6.07) is 6.45. The molecule has 1 aromatic carbocycles. The molecule has 1 saturated heterocycles. The highest BCUT2D eigenvalue weighted by atomic mass is 35.5. The van der Waals surface area contributed by atoms with E-state index in [0.29, 0.717) is 23.7 Å². The molecule has 7 nitrogen and oxygen atoms in total. The Labute approximate surface area is 170 Å². The molecular formula is C20H28ClN3O4. The number of rotatable bonds is 7. The van der Waals surface area contributed by atoms with Gasteiger partial charge in [0.2, 0.25) is 5.91 Å². The summed E-state index contributed by atoms with van der Waals surface area (Å²) < 4.78 is 5.94. The van der Waals surface area contributed by atoms with Gasteiger partial charge in [0, 0.05) is 23.2 Å². The Morgan fingerprint density at radius 1 is 1.14 bits per heavy atom. The van der Waals surface area contributed by atoms with Crippen molar-refractivity contribution in [2.24, 2.45) is 5.92 Å². The molecule has 2 fully saturated rings. The van der Waals surface area contributed by atoms with Gasteiger partial charge in [-0.2, -0.15) is 0 Å². The molecule has 154 valence electrons. The molecule has 0 radical (unpaired) electrons. The summed E-state index contributed by atoms with van der Waals surface area (Å²) in [6.45, 7) is 0.331. The number of anilines is 1. The van der Waals surface area contributed by atoms with E-state index in [-0.39, 0.29) is 36.6 Å². The van der Waals surface area contributed by atoms with Crippen LogP contribution in [0.3, 0.4) is 0 Å². The second-order valence-electron chi connectivity index (χ2n) is 7.48. The quantitative estimate of drug-likeness (QED) is 0.556. The van der Waals surface area contributed by atoms with Gasteiger partial charge in [-0.1, -0.05) is 18.0 Å². The molecule has 3 rings (SSSR count). The Kier molecular flexibility index (Phi) is 7.53. The number of hydrogen-bond donors (Lipinski definition) is 4. The van der Waals surface area contributed by atoms with E-state index < -0.39 is 6.10 Å². The van der Waals surface area contributed by atoms with Crippen molar-refractivity contribution < 1.29 is 19.4 Å². The standard InChI is InChI=1S/C20H28ClN3O4/c21-14-4-6-15(7-5-14)23-20(27)22-11-10-16-8-9-17(18(12-25)28-16)24-19(26)13-2-1-3-13/h4-7,13,16-18,25H,1-3,8-12H2,(H,24,26)(H2,22,23,27)/t16-,17-,18-/m1/s1. The van der Waals surface area contributed by atoms with E-state index in [1.165, 1.54) is 0 Å². The maximum atomic E-state index is 12.1. The van der Waals surface area contributed by atoms with Gasteiger partial charge in [0.1, 0.15) is 6.10 Å².